The molecular weight excluding hydrogens is 261 g/mol. The molecule has 1 nitrogen and oxygen atoms in total. The van der Waals surface area contributed by atoms with Crippen LogP contribution in [0, 0.1) is 0 Å². The van der Waals surface area contributed by atoms with Gasteiger partial charge in [0.05, 0.1) is 26.2 Å². The standard InChI is InChI=1S/C10H20N.HI/c1-2-4-8-11(7-3-1)9-5-6-10-11;/h1-10H2;1H/q+1;/p-1. The van der Waals surface area contributed by atoms with E-state index in [2.05, 4.69) is 0 Å². The largest absolute Gasteiger partial charge is 1.00 e. The van der Waals surface area contributed by atoms with Crippen LogP contribution in [-0.4, -0.2) is 30.7 Å². The maximum atomic E-state index is 1.50. The van der Waals surface area contributed by atoms with Gasteiger partial charge in [-0.15, -0.1) is 0 Å². The van der Waals surface area contributed by atoms with Crippen LogP contribution < -0.4 is 24.0 Å². The molecular formula is C10H20IN. The van der Waals surface area contributed by atoms with Gasteiger partial charge in [-0.1, -0.05) is 0 Å². The Bertz CT molecular complexity index is 120. The fourth-order valence-corrected chi connectivity index (χ4v) is 2.81. The van der Waals surface area contributed by atoms with Gasteiger partial charge in [-0.05, 0) is 25.7 Å². The van der Waals surface area contributed by atoms with Crippen molar-refractivity contribution in [3.8, 4) is 0 Å². The summed E-state index contributed by atoms with van der Waals surface area (Å²) in [6.07, 6.45) is 9.00. The van der Waals surface area contributed by atoms with Crippen LogP contribution >= 0.6 is 0 Å². The van der Waals surface area contributed by atoms with E-state index in [1.807, 2.05) is 0 Å². The van der Waals surface area contributed by atoms with Crippen molar-refractivity contribution in [3.05, 3.63) is 0 Å². The van der Waals surface area contributed by atoms with Gasteiger partial charge in [-0.3, -0.25) is 0 Å². The number of halogens is 1. The fraction of sp³-hybridized carbons (Fsp3) is 1.00. The predicted octanol–water partition coefficient (Wildman–Crippen LogP) is -0.825. The monoisotopic (exact) mass is 281 g/mol. The zero-order chi connectivity index (χ0) is 7.57. The lowest BCUT2D eigenvalue weighted by Gasteiger charge is -2.32. The molecule has 0 aromatic rings. The van der Waals surface area contributed by atoms with Crippen molar-refractivity contribution in [2.24, 2.45) is 0 Å². The van der Waals surface area contributed by atoms with Gasteiger partial charge in [0.25, 0.3) is 0 Å². The first-order valence-corrected chi connectivity index (χ1v) is 5.26. The fourth-order valence-electron chi connectivity index (χ4n) is 2.81. The molecule has 2 aliphatic rings. The average Bonchev–Trinajstić information content (AvgIpc) is 2.32. The highest BCUT2D eigenvalue weighted by Gasteiger charge is 2.31. The molecule has 2 heterocycles. The highest BCUT2D eigenvalue weighted by molar-refractivity contribution is 4.59. The van der Waals surface area contributed by atoms with Crippen molar-refractivity contribution in [1.29, 1.82) is 0 Å². The number of hydrogen-bond donors (Lipinski definition) is 0. The minimum atomic E-state index is 0. The summed E-state index contributed by atoms with van der Waals surface area (Å²) in [7, 11) is 0. The topological polar surface area (TPSA) is 0 Å². The van der Waals surface area contributed by atoms with Gasteiger partial charge in [0, 0.05) is 12.8 Å². The molecule has 2 heteroatoms. The van der Waals surface area contributed by atoms with Crippen LogP contribution in [0.3, 0.4) is 0 Å². The molecule has 0 N–H and O–H groups in total. The zero-order valence-electron chi connectivity index (χ0n) is 7.90. The van der Waals surface area contributed by atoms with Crippen molar-refractivity contribution in [2.75, 3.05) is 26.2 Å². The highest BCUT2D eigenvalue weighted by atomic mass is 127. The average molecular weight is 281 g/mol. The van der Waals surface area contributed by atoms with Crippen molar-refractivity contribution < 1.29 is 28.5 Å². The second kappa shape index (κ2) is 4.80. The van der Waals surface area contributed by atoms with Crippen molar-refractivity contribution in [3.63, 3.8) is 0 Å². The van der Waals surface area contributed by atoms with E-state index in [1.165, 1.54) is 69.2 Å². The van der Waals surface area contributed by atoms with Gasteiger partial charge >= 0.3 is 0 Å². The second-order valence-corrected chi connectivity index (χ2v) is 4.36. The lowest BCUT2D eigenvalue weighted by atomic mass is 10.2. The molecule has 2 aliphatic heterocycles. The molecule has 12 heavy (non-hydrogen) atoms. The quantitative estimate of drug-likeness (QED) is 0.402. The Labute approximate surface area is 93.1 Å². The van der Waals surface area contributed by atoms with Crippen LogP contribution in [-0.2, 0) is 0 Å². The smallest absolute Gasteiger partial charge is 0.0788 e. The van der Waals surface area contributed by atoms with Crippen LogP contribution in [0.5, 0.6) is 0 Å². The molecule has 0 saturated carbocycles. The SMILES string of the molecule is C1CCC[N+]2(CC1)CCCC2.[I-]. The highest BCUT2D eigenvalue weighted by Crippen LogP contribution is 2.24. The summed E-state index contributed by atoms with van der Waals surface area (Å²) in [4.78, 5) is 0. The van der Waals surface area contributed by atoms with E-state index < -0.39 is 0 Å². The number of hydrogen-bond acceptors (Lipinski definition) is 0. The van der Waals surface area contributed by atoms with E-state index in [1.54, 1.807) is 0 Å². The minimum absolute atomic E-state index is 0. The molecule has 0 amide bonds. The predicted molar refractivity (Wildman–Crippen MR) is 47.4 cm³/mol. The van der Waals surface area contributed by atoms with Crippen LogP contribution in [0.2, 0.25) is 0 Å². The van der Waals surface area contributed by atoms with Crippen LogP contribution in [0.4, 0.5) is 0 Å². The van der Waals surface area contributed by atoms with Gasteiger partial charge in [-0.25, -0.2) is 0 Å². The maximum Gasteiger partial charge on any atom is 0.0788 e. The van der Waals surface area contributed by atoms with E-state index in [9.17, 15) is 0 Å². The summed E-state index contributed by atoms with van der Waals surface area (Å²) < 4.78 is 1.50. The Morgan fingerprint density at radius 3 is 1.25 bits per heavy atom. The number of nitrogens with zero attached hydrogens (tertiary/aromatic N) is 1. The molecule has 0 unspecified atom stereocenters. The molecule has 0 aliphatic carbocycles. The Morgan fingerprint density at radius 2 is 0.833 bits per heavy atom. The molecule has 2 rings (SSSR count). The molecule has 2 fully saturated rings. The summed E-state index contributed by atoms with van der Waals surface area (Å²) in [5, 5.41) is 0. The molecule has 0 aromatic carbocycles. The van der Waals surface area contributed by atoms with Gasteiger partial charge in [0.15, 0.2) is 0 Å². The van der Waals surface area contributed by atoms with Gasteiger partial charge in [0.1, 0.15) is 0 Å². The first-order chi connectivity index (χ1) is 5.41. The summed E-state index contributed by atoms with van der Waals surface area (Å²) in [6, 6.07) is 0. The third-order valence-corrected chi connectivity index (χ3v) is 3.53. The van der Waals surface area contributed by atoms with E-state index >= 15 is 0 Å². The maximum absolute atomic E-state index is 1.50. The van der Waals surface area contributed by atoms with Gasteiger partial charge in [-0.2, -0.15) is 0 Å². The Hall–Kier alpha value is 0.690. The summed E-state index contributed by atoms with van der Waals surface area (Å²) in [5.41, 5.74) is 0. The van der Waals surface area contributed by atoms with Crippen LogP contribution in [0.25, 0.3) is 0 Å². The third-order valence-electron chi connectivity index (χ3n) is 3.53. The summed E-state index contributed by atoms with van der Waals surface area (Å²) in [5.74, 6) is 0. The van der Waals surface area contributed by atoms with E-state index in [-0.39, 0.29) is 24.0 Å². The lowest BCUT2D eigenvalue weighted by Crippen LogP contribution is -3.00. The minimum Gasteiger partial charge on any atom is -1.00 e. The normalized spacial score (nSPS) is 28.0. The van der Waals surface area contributed by atoms with E-state index in [0.29, 0.717) is 0 Å². The van der Waals surface area contributed by atoms with E-state index in [4.69, 9.17) is 0 Å². The second-order valence-electron chi connectivity index (χ2n) is 4.36. The summed E-state index contributed by atoms with van der Waals surface area (Å²) in [6.45, 7) is 6.00. The number of quaternary nitrogens is 1. The lowest BCUT2D eigenvalue weighted by molar-refractivity contribution is -0.916. The van der Waals surface area contributed by atoms with Crippen molar-refractivity contribution in [2.45, 2.75) is 38.5 Å². The Morgan fingerprint density at radius 1 is 0.500 bits per heavy atom. The van der Waals surface area contributed by atoms with Crippen molar-refractivity contribution >= 4 is 0 Å². The zero-order valence-corrected chi connectivity index (χ0v) is 10.1. The Balaban J connectivity index is 0.000000720. The van der Waals surface area contributed by atoms with Crippen LogP contribution in [0.1, 0.15) is 38.5 Å². The van der Waals surface area contributed by atoms with Crippen molar-refractivity contribution in [1.82, 2.24) is 0 Å². The first-order valence-electron chi connectivity index (χ1n) is 5.26. The summed E-state index contributed by atoms with van der Waals surface area (Å²) >= 11 is 0. The van der Waals surface area contributed by atoms with Crippen LogP contribution in [0.15, 0.2) is 0 Å². The molecule has 1 spiro atoms. The van der Waals surface area contributed by atoms with Gasteiger partial charge in [0.2, 0.25) is 0 Å². The van der Waals surface area contributed by atoms with Gasteiger partial charge < -0.3 is 28.5 Å². The first kappa shape index (κ1) is 10.8. The number of rotatable bonds is 0. The third kappa shape index (κ3) is 2.34. The Kier molecular flexibility index (Phi) is 4.30. The molecule has 0 aromatic heterocycles. The van der Waals surface area contributed by atoms with E-state index in [0.717, 1.165) is 0 Å². The molecule has 2 saturated heterocycles. The molecule has 72 valence electrons. The molecule has 0 bridgehead atoms. The molecule has 0 atom stereocenters. The molecule has 0 radical (unpaired) electrons.